The molecule has 5 rings (SSSR count). The molecule has 0 N–H and O–H groups in total. The van der Waals surface area contributed by atoms with Gasteiger partial charge in [-0.05, 0) is 62.3 Å². The maximum absolute atomic E-state index is 14.1. The molecule has 0 bridgehead atoms. The molecule has 218 valence electrons. The Labute approximate surface area is 239 Å². The topological polar surface area (TPSA) is 79.3 Å². The Morgan fingerprint density at radius 2 is 1.65 bits per heavy atom. The summed E-state index contributed by atoms with van der Waals surface area (Å²) in [7, 11) is 0. The van der Waals surface area contributed by atoms with Crippen LogP contribution in [0.1, 0.15) is 103 Å². The first kappa shape index (κ1) is 28.8. The predicted octanol–water partition coefficient (Wildman–Crippen LogP) is 6.98. The number of para-hydroxylation sites is 1. The smallest absolute Gasteiger partial charge is 0.345 e. The van der Waals surface area contributed by atoms with Gasteiger partial charge in [-0.3, -0.25) is 14.5 Å². The minimum absolute atomic E-state index is 0.00150. The van der Waals surface area contributed by atoms with Gasteiger partial charge in [0.2, 0.25) is 0 Å². The lowest BCUT2D eigenvalue weighted by atomic mass is 9.75. The average Bonchev–Trinajstić information content (AvgIpc) is 3.46. The molecule has 1 aromatic carbocycles. The van der Waals surface area contributed by atoms with E-state index in [9.17, 15) is 14.4 Å². The Morgan fingerprint density at radius 1 is 0.950 bits per heavy atom. The molecule has 3 atom stereocenters. The molecule has 7 nitrogen and oxygen atoms in total. The molecule has 7 heteroatoms. The van der Waals surface area contributed by atoms with Crippen molar-refractivity contribution in [3.63, 3.8) is 0 Å². The van der Waals surface area contributed by atoms with Gasteiger partial charge in [0.05, 0.1) is 17.9 Å². The molecular formula is C33H47N3O4. The molecule has 0 aromatic heterocycles. The fraction of sp³-hybridized carbons (Fsp3) is 0.697. The third-order valence-electron chi connectivity index (χ3n) is 9.79. The van der Waals surface area contributed by atoms with Crippen molar-refractivity contribution >= 4 is 29.2 Å². The van der Waals surface area contributed by atoms with Crippen molar-refractivity contribution in [1.82, 2.24) is 5.01 Å². The van der Waals surface area contributed by atoms with E-state index in [1.165, 1.54) is 11.4 Å². The lowest BCUT2D eigenvalue weighted by Gasteiger charge is -2.37. The number of ketones is 1. The number of urea groups is 1. The Kier molecular flexibility index (Phi) is 9.27. The summed E-state index contributed by atoms with van der Waals surface area (Å²) in [5.41, 5.74) is 2.48. The van der Waals surface area contributed by atoms with Crippen molar-refractivity contribution in [2.24, 2.45) is 34.7 Å². The van der Waals surface area contributed by atoms with Crippen LogP contribution < -0.4 is 4.90 Å². The summed E-state index contributed by atoms with van der Waals surface area (Å²) in [6.07, 6.45) is 12.3. The molecule has 40 heavy (non-hydrogen) atoms. The number of rotatable bonds is 8. The number of hydrogen-bond donors (Lipinski definition) is 0. The summed E-state index contributed by atoms with van der Waals surface area (Å²) in [5.74, 6) is 1.16. The van der Waals surface area contributed by atoms with Gasteiger partial charge in [-0.15, -0.1) is 0 Å². The number of esters is 1. The van der Waals surface area contributed by atoms with E-state index in [1.807, 2.05) is 24.3 Å². The maximum Gasteiger partial charge on any atom is 0.345 e. The zero-order valence-corrected chi connectivity index (χ0v) is 24.6. The second-order valence-electron chi connectivity index (χ2n) is 13.1. The molecule has 3 fully saturated rings. The zero-order valence-electron chi connectivity index (χ0n) is 24.6. The van der Waals surface area contributed by atoms with Crippen molar-refractivity contribution in [2.45, 2.75) is 104 Å². The Hall–Kier alpha value is -2.70. The first-order valence-corrected chi connectivity index (χ1v) is 15.8. The molecule has 0 radical (unpaired) electrons. The van der Waals surface area contributed by atoms with E-state index in [0.29, 0.717) is 17.8 Å². The molecule has 0 spiro atoms. The number of hydrogen-bond acceptors (Lipinski definition) is 5. The number of carbonyl (C=O) groups is 3. The number of ether oxygens (including phenoxy) is 1. The molecule has 3 saturated carbocycles. The second-order valence-corrected chi connectivity index (χ2v) is 13.1. The minimum atomic E-state index is -0.419. The highest BCUT2D eigenvalue weighted by Gasteiger charge is 2.38. The van der Waals surface area contributed by atoms with Gasteiger partial charge in [0.25, 0.3) is 0 Å². The standard InChI is InChI=1S/C33H47N3O4/c1-22(2)26-18-17-23(3)19-30(26)40-31(38)21-36-33(39)35(20-29(37)24-11-7-8-12-24)28-16-10-9-15-27(28)32(34-36)25-13-5-4-6-14-25/h9-10,15-16,22-26,30H,4-8,11-14,17-21H2,1-3H3/t23-,26+,30?/m1/s1. The van der Waals surface area contributed by atoms with Gasteiger partial charge in [-0.25, -0.2) is 9.80 Å². The van der Waals surface area contributed by atoms with E-state index in [0.717, 1.165) is 87.6 Å². The third kappa shape index (κ3) is 6.44. The SMILES string of the molecule is CC(C)[C@@H]1CC[C@@H](C)CC1OC(=O)CN1N=C(C2CCCCC2)c2ccccc2N(CC(=O)C2CCCC2)C1=O. The van der Waals surface area contributed by atoms with Crippen LogP contribution in [-0.2, 0) is 14.3 Å². The first-order valence-electron chi connectivity index (χ1n) is 15.8. The lowest BCUT2D eigenvalue weighted by Crippen LogP contribution is -2.46. The van der Waals surface area contributed by atoms with Crippen molar-refractivity contribution in [2.75, 3.05) is 18.0 Å². The van der Waals surface area contributed by atoms with E-state index in [-0.39, 0.29) is 36.8 Å². The number of hydrazone groups is 1. The van der Waals surface area contributed by atoms with E-state index in [2.05, 4.69) is 20.8 Å². The van der Waals surface area contributed by atoms with Gasteiger partial charge in [0.15, 0.2) is 5.78 Å². The summed E-state index contributed by atoms with van der Waals surface area (Å²) < 4.78 is 6.10. The Bertz CT molecular complexity index is 1100. The number of amides is 2. The number of benzene rings is 1. The molecule has 1 heterocycles. The van der Waals surface area contributed by atoms with E-state index in [4.69, 9.17) is 9.84 Å². The molecule has 1 aliphatic heterocycles. The highest BCUT2D eigenvalue weighted by Crippen LogP contribution is 2.37. The van der Waals surface area contributed by atoms with Crippen LogP contribution in [0, 0.1) is 29.6 Å². The highest BCUT2D eigenvalue weighted by molar-refractivity contribution is 6.13. The third-order valence-corrected chi connectivity index (χ3v) is 9.79. The van der Waals surface area contributed by atoms with Crippen LogP contribution in [0.5, 0.6) is 0 Å². The molecule has 4 aliphatic rings. The normalized spacial score (nSPS) is 26.4. The summed E-state index contributed by atoms with van der Waals surface area (Å²) in [4.78, 5) is 42.5. The number of fused-ring (bicyclic) bond motifs is 1. The van der Waals surface area contributed by atoms with Crippen molar-refractivity contribution in [1.29, 1.82) is 0 Å². The zero-order chi connectivity index (χ0) is 28.2. The van der Waals surface area contributed by atoms with Gasteiger partial charge in [0, 0.05) is 17.4 Å². The number of Topliss-reactive ketones (excluding diaryl/α,β-unsaturated/α-hetero) is 1. The largest absolute Gasteiger partial charge is 0.461 e. The van der Waals surface area contributed by atoms with Gasteiger partial charge in [-0.2, -0.15) is 5.10 Å². The highest BCUT2D eigenvalue weighted by atomic mass is 16.5. The number of carbonyl (C=O) groups excluding carboxylic acids is 3. The van der Waals surface area contributed by atoms with Crippen molar-refractivity contribution in [3.8, 4) is 0 Å². The average molecular weight is 550 g/mol. The van der Waals surface area contributed by atoms with Gasteiger partial charge in [0.1, 0.15) is 12.6 Å². The maximum atomic E-state index is 14.1. The fourth-order valence-electron chi connectivity index (χ4n) is 7.44. The van der Waals surface area contributed by atoms with Crippen molar-refractivity contribution in [3.05, 3.63) is 29.8 Å². The molecule has 3 aliphatic carbocycles. The lowest BCUT2D eigenvalue weighted by molar-refractivity contribution is -0.156. The summed E-state index contributed by atoms with van der Waals surface area (Å²) in [6, 6.07) is 7.41. The Balaban J connectivity index is 1.43. The van der Waals surface area contributed by atoms with E-state index in [1.54, 1.807) is 4.90 Å². The van der Waals surface area contributed by atoms with Gasteiger partial charge in [-0.1, -0.05) is 77.5 Å². The number of nitrogens with zero attached hydrogens (tertiary/aromatic N) is 3. The Morgan fingerprint density at radius 3 is 2.38 bits per heavy atom. The minimum Gasteiger partial charge on any atom is -0.461 e. The monoisotopic (exact) mass is 549 g/mol. The molecule has 1 aromatic rings. The molecule has 2 amide bonds. The van der Waals surface area contributed by atoms with Crippen LogP contribution in [0.15, 0.2) is 29.4 Å². The van der Waals surface area contributed by atoms with Crippen LogP contribution in [0.4, 0.5) is 10.5 Å². The van der Waals surface area contributed by atoms with Gasteiger partial charge < -0.3 is 4.74 Å². The number of anilines is 1. The van der Waals surface area contributed by atoms with Crippen LogP contribution >= 0.6 is 0 Å². The fourth-order valence-corrected chi connectivity index (χ4v) is 7.44. The molecule has 1 unspecified atom stereocenters. The summed E-state index contributed by atoms with van der Waals surface area (Å²) in [5, 5.41) is 6.22. The molecule has 0 saturated heterocycles. The van der Waals surface area contributed by atoms with Crippen LogP contribution in [0.3, 0.4) is 0 Å². The van der Waals surface area contributed by atoms with Crippen molar-refractivity contribution < 1.29 is 19.1 Å². The van der Waals surface area contributed by atoms with E-state index < -0.39 is 12.0 Å². The first-order chi connectivity index (χ1) is 19.3. The molecular weight excluding hydrogens is 502 g/mol. The summed E-state index contributed by atoms with van der Waals surface area (Å²) >= 11 is 0. The van der Waals surface area contributed by atoms with Crippen LogP contribution in [0.2, 0.25) is 0 Å². The van der Waals surface area contributed by atoms with Crippen LogP contribution in [0.25, 0.3) is 0 Å². The summed E-state index contributed by atoms with van der Waals surface area (Å²) in [6.45, 7) is 6.36. The second kappa shape index (κ2) is 12.9. The van der Waals surface area contributed by atoms with Gasteiger partial charge >= 0.3 is 12.0 Å². The quantitative estimate of drug-likeness (QED) is 0.328. The van der Waals surface area contributed by atoms with Crippen LogP contribution in [-0.4, -0.2) is 47.7 Å². The van der Waals surface area contributed by atoms with E-state index >= 15 is 0 Å². The predicted molar refractivity (Wildman–Crippen MR) is 157 cm³/mol.